The predicted octanol–water partition coefficient (Wildman–Crippen LogP) is 0.233. The Morgan fingerprint density at radius 3 is 2.53 bits per heavy atom. The van der Waals surface area contributed by atoms with Crippen molar-refractivity contribution in [2.24, 2.45) is 15.9 Å². The third kappa shape index (κ3) is 10.4. The molecule has 49 heavy (non-hydrogen) atoms. The second-order valence-corrected chi connectivity index (χ2v) is 13.2. The highest BCUT2D eigenvalue weighted by Crippen LogP contribution is 2.33. The van der Waals surface area contributed by atoms with Crippen LogP contribution in [-0.4, -0.2) is 97.1 Å². The number of carbonyl (C=O) groups is 2. The highest BCUT2D eigenvalue weighted by Gasteiger charge is 2.58. The van der Waals surface area contributed by atoms with E-state index in [9.17, 15) is 28.2 Å². The molecule has 21 heteroatoms. The molecule has 1 aliphatic heterocycles. The quantitative estimate of drug-likeness (QED) is 0.0176. The number of thiazole rings is 1. The lowest BCUT2D eigenvalue weighted by atomic mass is 9.84. The largest absolute Gasteiger partial charge is 0.490 e. The van der Waals surface area contributed by atoms with E-state index in [4.69, 9.17) is 25.6 Å². The number of carbonyl (C=O) groups excluding carboxylic acids is 2. The van der Waals surface area contributed by atoms with Crippen LogP contribution in [-0.2, 0) is 35.7 Å². The van der Waals surface area contributed by atoms with Crippen LogP contribution >= 0.6 is 11.3 Å². The number of H-pyrrole nitrogens is 1. The smallest absolute Gasteiger partial charge is 0.418 e. The van der Waals surface area contributed by atoms with Gasteiger partial charge >= 0.3 is 10.4 Å². The van der Waals surface area contributed by atoms with Crippen molar-refractivity contribution >= 4 is 50.2 Å². The fraction of sp³-hybridized carbons (Fsp3) is 0.429. The molecule has 2 aromatic heterocycles. The van der Waals surface area contributed by atoms with Crippen molar-refractivity contribution in [3.63, 3.8) is 0 Å². The molecule has 4 rings (SSSR count). The molecule has 1 fully saturated rings. The van der Waals surface area contributed by atoms with Crippen LogP contribution in [0.3, 0.4) is 0 Å². The number of hydroxylamine groups is 2. The Hall–Kier alpha value is -4.67. The number of aromatic amines is 1. The van der Waals surface area contributed by atoms with Gasteiger partial charge in [0.25, 0.3) is 11.8 Å². The third-order valence-corrected chi connectivity index (χ3v) is 8.18. The lowest BCUT2D eigenvalue weighted by molar-refractivity contribution is -0.218. The maximum Gasteiger partial charge on any atom is 0.418 e. The molecule has 0 radical (unpaired) electrons. The zero-order chi connectivity index (χ0) is 35.8. The second-order valence-electron chi connectivity index (χ2n) is 11.3. The Bertz CT molecular complexity index is 1740. The molecule has 3 aromatic rings. The van der Waals surface area contributed by atoms with Crippen LogP contribution in [0.25, 0.3) is 0 Å². The average molecular weight is 724 g/mol. The van der Waals surface area contributed by atoms with Crippen molar-refractivity contribution in [2.75, 3.05) is 12.3 Å². The van der Waals surface area contributed by atoms with E-state index in [1.165, 1.54) is 19.2 Å². The van der Waals surface area contributed by atoms with Gasteiger partial charge in [0.05, 0.1) is 12.1 Å². The summed E-state index contributed by atoms with van der Waals surface area (Å²) in [6.45, 7) is 3.07. The van der Waals surface area contributed by atoms with Crippen LogP contribution in [0, 0.1) is 0 Å². The van der Waals surface area contributed by atoms with Gasteiger partial charge in [-0.1, -0.05) is 5.16 Å². The number of benzene rings is 1. The Labute approximate surface area is 284 Å². The second kappa shape index (κ2) is 16.2. The minimum atomic E-state index is -5.00. The molecule has 0 spiro atoms. The number of β-lactam (4-membered cyclic amide) rings is 1. The fourth-order valence-corrected chi connectivity index (χ4v) is 5.56. The predicted molar refractivity (Wildman–Crippen MR) is 175 cm³/mol. The van der Waals surface area contributed by atoms with Crippen molar-refractivity contribution in [1.29, 1.82) is 0 Å². The first-order chi connectivity index (χ1) is 23.1. The number of rotatable bonds is 18. The standard InChI is InChI=1S/C28H37N9O10S2/c1-28(2)23(26(41)37(28)47-49(42,43)44)35-25(40)22(19-15-48-27(30)34-19)36-46-18(5-3-4-6-21(38)39)14-45-17-9-7-16(8-10-17)24(29)33-13-20-31-11-12-32-20/h7-12,15,18,21,23,38-39H,3-6,13-14H2,1-2H3,(H2,29,33)(H2,30,34)(H,31,32)(H,35,40)(H,42,43,44). The number of aromatic nitrogens is 3. The van der Waals surface area contributed by atoms with Gasteiger partial charge in [0.15, 0.2) is 23.2 Å². The number of nitrogens with one attached hydrogen (secondary N) is 2. The summed E-state index contributed by atoms with van der Waals surface area (Å²) in [4.78, 5) is 47.3. The lowest BCUT2D eigenvalue weighted by Gasteiger charge is -2.50. The van der Waals surface area contributed by atoms with Gasteiger partial charge in [0.2, 0.25) is 0 Å². The maximum atomic E-state index is 13.4. The number of nitrogen functional groups attached to an aromatic ring is 1. The molecule has 0 aliphatic carbocycles. The molecule has 1 aromatic carbocycles. The molecule has 2 amide bonds. The molecule has 3 heterocycles. The SMILES string of the molecule is CC1(C)C(NC(=O)C(=NOC(CCCCC(O)O)COc2ccc(C(N)=NCc3ncc[nH]3)cc2)c2csc(N)n2)C(=O)N1OS(=O)(=O)O. The zero-order valence-electron chi connectivity index (χ0n) is 26.4. The fourth-order valence-electron chi connectivity index (χ4n) is 4.56. The molecule has 0 saturated carbocycles. The van der Waals surface area contributed by atoms with E-state index in [1.807, 2.05) is 0 Å². The van der Waals surface area contributed by atoms with E-state index in [0.29, 0.717) is 47.3 Å². The van der Waals surface area contributed by atoms with Crippen molar-refractivity contribution in [3.05, 3.63) is 59.1 Å². The molecule has 1 saturated heterocycles. The number of anilines is 1. The van der Waals surface area contributed by atoms with Crippen molar-refractivity contribution in [2.45, 2.75) is 70.1 Å². The number of aliphatic imine (C=N–C) groups is 1. The third-order valence-electron chi connectivity index (χ3n) is 7.17. The molecular weight excluding hydrogens is 686 g/mol. The van der Waals surface area contributed by atoms with E-state index in [0.717, 1.165) is 11.3 Å². The minimum Gasteiger partial charge on any atom is -0.490 e. The average Bonchev–Trinajstić information content (AvgIpc) is 3.73. The number of amidine groups is 1. The highest BCUT2D eigenvalue weighted by molar-refractivity contribution is 7.80. The van der Waals surface area contributed by atoms with E-state index in [-0.39, 0.29) is 36.1 Å². The monoisotopic (exact) mass is 723 g/mol. The number of hydrogen-bond donors (Lipinski definition) is 7. The molecule has 2 unspecified atom stereocenters. The summed E-state index contributed by atoms with van der Waals surface area (Å²) >= 11 is 1.03. The number of amides is 2. The zero-order valence-corrected chi connectivity index (χ0v) is 28.1. The highest BCUT2D eigenvalue weighted by atomic mass is 32.3. The van der Waals surface area contributed by atoms with Gasteiger partial charge in [-0.25, -0.2) is 9.97 Å². The van der Waals surface area contributed by atoms with Gasteiger partial charge in [0, 0.05) is 23.3 Å². The Kier molecular flexibility index (Phi) is 12.2. The summed E-state index contributed by atoms with van der Waals surface area (Å²) in [5, 5.41) is 27.0. The van der Waals surface area contributed by atoms with Gasteiger partial charge in [-0.05, 0) is 63.8 Å². The summed E-state index contributed by atoms with van der Waals surface area (Å²) in [6, 6.07) is 5.58. The number of nitrogens with zero attached hydrogens (tertiary/aromatic N) is 5. The van der Waals surface area contributed by atoms with Gasteiger partial charge < -0.3 is 41.6 Å². The minimum absolute atomic E-state index is 0.0310. The van der Waals surface area contributed by atoms with Gasteiger partial charge in [-0.15, -0.1) is 15.6 Å². The Morgan fingerprint density at radius 2 is 1.94 bits per heavy atom. The Balaban J connectivity index is 1.46. The molecule has 2 atom stereocenters. The van der Waals surface area contributed by atoms with E-state index in [1.54, 1.807) is 36.7 Å². The first-order valence-electron chi connectivity index (χ1n) is 14.8. The van der Waals surface area contributed by atoms with Crippen molar-refractivity contribution in [1.82, 2.24) is 25.3 Å². The van der Waals surface area contributed by atoms with Gasteiger partial charge in [0.1, 0.15) is 35.8 Å². The van der Waals surface area contributed by atoms with Crippen LogP contribution in [0.2, 0.25) is 0 Å². The topological polar surface area (TPSA) is 290 Å². The van der Waals surface area contributed by atoms with Gasteiger partial charge in [-0.2, -0.15) is 13.5 Å². The van der Waals surface area contributed by atoms with Crippen LogP contribution in [0.4, 0.5) is 5.13 Å². The molecule has 1 aliphatic rings. The molecule has 9 N–H and O–H groups in total. The number of ether oxygens (including phenoxy) is 1. The van der Waals surface area contributed by atoms with Crippen molar-refractivity contribution in [3.8, 4) is 5.75 Å². The first-order valence-corrected chi connectivity index (χ1v) is 17.0. The number of imidazole rings is 1. The first kappa shape index (κ1) is 37.2. The van der Waals surface area contributed by atoms with E-state index >= 15 is 0 Å². The summed E-state index contributed by atoms with van der Waals surface area (Å²) in [5.41, 5.74) is 10.9. The summed E-state index contributed by atoms with van der Waals surface area (Å²) in [6.07, 6.45) is 2.51. The number of nitrogens with two attached hydrogens (primary N) is 2. The van der Waals surface area contributed by atoms with E-state index < -0.39 is 46.2 Å². The lowest BCUT2D eigenvalue weighted by Crippen LogP contribution is -2.76. The Morgan fingerprint density at radius 1 is 1.22 bits per heavy atom. The molecule has 266 valence electrons. The van der Waals surface area contributed by atoms with Crippen LogP contribution in [0.1, 0.15) is 56.6 Å². The van der Waals surface area contributed by atoms with Gasteiger partial charge in [-0.3, -0.25) is 19.1 Å². The molecular formula is C28H37N9O10S2. The summed E-state index contributed by atoms with van der Waals surface area (Å²) in [5.74, 6) is -0.389. The van der Waals surface area contributed by atoms with Crippen LogP contribution in [0.15, 0.2) is 52.2 Å². The number of aliphatic hydroxyl groups is 2. The van der Waals surface area contributed by atoms with E-state index in [2.05, 4.69) is 34.7 Å². The summed E-state index contributed by atoms with van der Waals surface area (Å²) < 4.78 is 41.6. The maximum absolute atomic E-state index is 13.4. The van der Waals surface area contributed by atoms with Crippen LogP contribution in [0.5, 0.6) is 5.75 Å². The number of aliphatic hydroxyl groups excluding tert-OH is 1. The summed E-state index contributed by atoms with van der Waals surface area (Å²) in [7, 11) is -5.00. The normalized spacial score (nSPS) is 17.1. The molecule has 0 bridgehead atoms. The number of oxime groups is 1. The molecule has 19 nitrogen and oxygen atoms in total. The number of unbranched alkanes of at least 4 members (excludes halogenated alkanes) is 1. The van der Waals surface area contributed by atoms with Crippen LogP contribution < -0.4 is 21.5 Å². The van der Waals surface area contributed by atoms with Crippen molar-refractivity contribution < 1.29 is 46.6 Å². The number of hydrogen-bond acceptors (Lipinski definition) is 15.